The molecule has 96 valence electrons. The summed E-state index contributed by atoms with van der Waals surface area (Å²) in [6, 6.07) is 11.1. The molecule has 0 saturated heterocycles. The summed E-state index contributed by atoms with van der Waals surface area (Å²) in [6.45, 7) is -0.205. The van der Waals surface area contributed by atoms with E-state index in [2.05, 4.69) is 0 Å². The number of rotatable bonds is 2. The van der Waals surface area contributed by atoms with Gasteiger partial charge >= 0.3 is 5.97 Å². The standard InChI is InChI=1S/C15H12O4/c1-18-15(17)13-6-9-4-2-3-5-11(9)14-12(13)7-10(8-16)19-14/h2-7,16H,8H2,1H3. The van der Waals surface area contributed by atoms with Gasteiger partial charge in [0.25, 0.3) is 0 Å². The van der Waals surface area contributed by atoms with Gasteiger partial charge in [-0.15, -0.1) is 0 Å². The number of carbonyl (C=O) groups is 1. The molecule has 3 rings (SSSR count). The van der Waals surface area contributed by atoms with Crippen LogP contribution in [0.1, 0.15) is 16.1 Å². The topological polar surface area (TPSA) is 59.7 Å². The first kappa shape index (κ1) is 11.7. The second kappa shape index (κ2) is 4.40. The van der Waals surface area contributed by atoms with Crippen molar-refractivity contribution in [1.29, 1.82) is 0 Å². The molecule has 3 aromatic rings. The summed E-state index contributed by atoms with van der Waals surface area (Å²) in [5.74, 6) is 0.0116. The Hall–Kier alpha value is -2.33. The second-order valence-electron chi connectivity index (χ2n) is 4.25. The second-order valence-corrected chi connectivity index (χ2v) is 4.25. The van der Waals surface area contributed by atoms with Crippen molar-refractivity contribution in [3.63, 3.8) is 0 Å². The molecule has 1 aromatic heterocycles. The number of ether oxygens (including phenoxy) is 1. The molecule has 0 spiro atoms. The van der Waals surface area contributed by atoms with Gasteiger partial charge in [0.15, 0.2) is 0 Å². The Morgan fingerprint density at radius 3 is 2.79 bits per heavy atom. The average molecular weight is 256 g/mol. The molecule has 0 atom stereocenters. The lowest BCUT2D eigenvalue weighted by molar-refractivity contribution is 0.0603. The van der Waals surface area contributed by atoms with Crippen molar-refractivity contribution in [3.8, 4) is 0 Å². The normalized spacial score (nSPS) is 11.1. The highest BCUT2D eigenvalue weighted by atomic mass is 16.5. The van der Waals surface area contributed by atoms with Gasteiger partial charge in [0.2, 0.25) is 0 Å². The number of aliphatic hydroxyl groups is 1. The van der Waals surface area contributed by atoms with Crippen LogP contribution in [0.4, 0.5) is 0 Å². The molecular formula is C15H12O4. The quantitative estimate of drug-likeness (QED) is 0.716. The summed E-state index contributed by atoms with van der Waals surface area (Å²) in [5, 5.41) is 11.7. The lowest BCUT2D eigenvalue weighted by atomic mass is 10.0. The zero-order valence-corrected chi connectivity index (χ0v) is 10.3. The lowest BCUT2D eigenvalue weighted by Crippen LogP contribution is -2.01. The number of fused-ring (bicyclic) bond motifs is 3. The van der Waals surface area contributed by atoms with E-state index in [0.29, 0.717) is 22.3 Å². The number of furan rings is 1. The molecule has 1 heterocycles. The minimum absolute atomic E-state index is 0.205. The van der Waals surface area contributed by atoms with Crippen molar-refractivity contribution in [2.24, 2.45) is 0 Å². The van der Waals surface area contributed by atoms with Crippen LogP contribution in [0, 0.1) is 0 Å². The van der Waals surface area contributed by atoms with Crippen LogP contribution in [-0.4, -0.2) is 18.2 Å². The van der Waals surface area contributed by atoms with Gasteiger partial charge in [-0.2, -0.15) is 0 Å². The Bertz CT molecular complexity index is 770. The van der Waals surface area contributed by atoms with Crippen LogP contribution in [0.3, 0.4) is 0 Å². The first-order chi connectivity index (χ1) is 9.24. The van der Waals surface area contributed by atoms with Gasteiger partial charge in [-0.3, -0.25) is 0 Å². The van der Waals surface area contributed by atoms with Crippen LogP contribution in [0.25, 0.3) is 21.7 Å². The number of aliphatic hydroxyl groups excluding tert-OH is 1. The molecular weight excluding hydrogens is 244 g/mol. The van der Waals surface area contributed by atoms with Crippen molar-refractivity contribution in [2.75, 3.05) is 7.11 Å². The first-order valence-corrected chi connectivity index (χ1v) is 5.88. The van der Waals surface area contributed by atoms with Crippen molar-refractivity contribution in [3.05, 3.63) is 47.7 Å². The van der Waals surface area contributed by atoms with Gasteiger partial charge in [-0.1, -0.05) is 24.3 Å². The molecule has 0 aliphatic rings. The Labute approximate surface area is 109 Å². The highest BCUT2D eigenvalue weighted by molar-refractivity contribution is 6.14. The van der Waals surface area contributed by atoms with Crippen LogP contribution < -0.4 is 0 Å². The molecule has 0 amide bonds. The number of methoxy groups -OCH3 is 1. The number of carbonyl (C=O) groups excluding carboxylic acids is 1. The zero-order valence-electron chi connectivity index (χ0n) is 10.3. The Balaban J connectivity index is 2.45. The maximum atomic E-state index is 11.8. The molecule has 2 aromatic carbocycles. The molecule has 4 heteroatoms. The van der Waals surface area contributed by atoms with E-state index in [0.717, 1.165) is 10.8 Å². The van der Waals surface area contributed by atoms with E-state index in [-0.39, 0.29) is 6.61 Å². The van der Waals surface area contributed by atoms with E-state index < -0.39 is 5.97 Å². The van der Waals surface area contributed by atoms with E-state index in [9.17, 15) is 9.90 Å². The molecule has 19 heavy (non-hydrogen) atoms. The van der Waals surface area contributed by atoms with Gasteiger partial charge in [0.05, 0.1) is 12.7 Å². The first-order valence-electron chi connectivity index (χ1n) is 5.88. The monoisotopic (exact) mass is 256 g/mol. The Morgan fingerprint density at radius 2 is 2.05 bits per heavy atom. The number of hydrogen-bond acceptors (Lipinski definition) is 4. The zero-order chi connectivity index (χ0) is 13.4. The Morgan fingerprint density at radius 1 is 1.26 bits per heavy atom. The van der Waals surface area contributed by atoms with E-state index in [1.807, 2.05) is 24.3 Å². The van der Waals surface area contributed by atoms with Crippen LogP contribution in [0.5, 0.6) is 0 Å². The maximum absolute atomic E-state index is 11.8. The molecule has 4 nitrogen and oxygen atoms in total. The maximum Gasteiger partial charge on any atom is 0.338 e. The van der Waals surface area contributed by atoms with Crippen molar-refractivity contribution < 1.29 is 19.1 Å². The summed E-state index contributed by atoms with van der Waals surface area (Å²) >= 11 is 0. The van der Waals surface area contributed by atoms with Crippen molar-refractivity contribution >= 4 is 27.7 Å². The third-order valence-electron chi connectivity index (χ3n) is 3.14. The van der Waals surface area contributed by atoms with Crippen LogP contribution in [0.2, 0.25) is 0 Å². The van der Waals surface area contributed by atoms with E-state index >= 15 is 0 Å². The third kappa shape index (κ3) is 1.77. The van der Waals surface area contributed by atoms with E-state index in [4.69, 9.17) is 9.15 Å². The fraction of sp³-hybridized carbons (Fsp3) is 0.133. The van der Waals surface area contributed by atoms with Gasteiger partial charge in [-0.05, 0) is 17.5 Å². The Kier molecular flexibility index (Phi) is 2.72. The molecule has 0 aliphatic heterocycles. The number of hydrogen-bond donors (Lipinski definition) is 1. The minimum Gasteiger partial charge on any atom is -0.465 e. The fourth-order valence-corrected chi connectivity index (χ4v) is 2.26. The summed E-state index contributed by atoms with van der Waals surface area (Å²) in [5.41, 5.74) is 1.04. The van der Waals surface area contributed by atoms with Gasteiger partial charge in [-0.25, -0.2) is 4.79 Å². The highest BCUT2D eigenvalue weighted by Crippen LogP contribution is 2.31. The molecule has 0 bridgehead atoms. The average Bonchev–Trinajstić information content (AvgIpc) is 2.90. The van der Waals surface area contributed by atoms with E-state index in [1.54, 1.807) is 12.1 Å². The molecule has 0 aliphatic carbocycles. The molecule has 0 unspecified atom stereocenters. The molecule has 1 N–H and O–H groups in total. The highest BCUT2D eigenvalue weighted by Gasteiger charge is 2.17. The largest absolute Gasteiger partial charge is 0.465 e. The molecule has 0 saturated carbocycles. The minimum atomic E-state index is -0.416. The summed E-state index contributed by atoms with van der Waals surface area (Å²) in [4.78, 5) is 11.8. The number of benzene rings is 2. The predicted octanol–water partition coefficient (Wildman–Crippen LogP) is 2.86. The third-order valence-corrected chi connectivity index (χ3v) is 3.14. The molecule has 0 fully saturated rings. The number of esters is 1. The van der Waals surface area contributed by atoms with Gasteiger partial charge < -0.3 is 14.3 Å². The van der Waals surface area contributed by atoms with Crippen LogP contribution in [-0.2, 0) is 11.3 Å². The smallest absolute Gasteiger partial charge is 0.338 e. The van der Waals surface area contributed by atoms with Crippen molar-refractivity contribution in [2.45, 2.75) is 6.61 Å². The van der Waals surface area contributed by atoms with Crippen LogP contribution in [0.15, 0.2) is 40.8 Å². The predicted molar refractivity (Wildman–Crippen MR) is 71.0 cm³/mol. The molecule has 0 radical (unpaired) electrons. The van der Waals surface area contributed by atoms with E-state index in [1.165, 1.54) is 7.11 Å². The van der Waals surface area contributed by atoms with Crippen LogP contribution >= 0.6 is 0 Å². The summed E-state index contributed by atoms with van der Waals surface area (Å²) < 4.78 is 10.4. The SMILES string of the molecule is COC(=O)c1cc2ccccc2c2oc(CO)cc12. The van der Waals surface area contributed by atoms with Crippen molar-refractivity contribution in [1.82, 2.24) is 0 Å². The lowest BCUT2D eigenvalue weighted by Gasteiger charge is -2.04. The summed E-state index contributed by atoms with van der Waals surface area (Å²) in [6.07, 6.45) is 0. The van der Waals surface area contributed by atoms with Gasteiger partial charge in [0.1, 0.15) is 18.0 Å². The van der Waals surface area contributed by atoms with Gasteiger partial charge in [0, 0.05) is 10.8 Å². The fourth-order valence-electron chi connectivity index (χ4n) is 2.26. The summed E-state index contributed by atoms with van der Waals surface area (Å²) in [7, 11) is 1.34.